The largest absolute Gasteiger partial charge is 0.573 e. The minimum atomic E-state index is -4.83. The summed E-state index contributed by atoms with van der Waals surface area (Å²) in [6, 6.07) is 4.01. The molecule has 0 saturated carbocycles. The predicted octanol–water partition coefficient (Wildman–Crippen LogP) is 3.39. The molecule has 0 unspecified atom stereocenters. The van der Waals surface area contributed by atoms with Crippen molar-refractivity contribution in [3.8, 4) is 11.5 Å². The van der Waals surface area contributed by atoms with E-state index in [1.165, 1.54) is 12.1 Å². The molecule has 0 aromatic heterocycles. The fourth-order valence-corrected chi connectivity index (χ4v) is 1.51. The molecule has 0 atom stereocenters. The summed E-state index contributed by atoms with van der Waals surface area (Å²) >= 11 is 0. The van der Waals surface area contributed by atoms with Crippen molar-refractivity contribution >= 4 is 5.97 Å². The summed E-state index contributed by atoms with van der Waals surface area (Å²) in [5.74, 6) is -1.52. The Hall–Kier alpha value is -1.92. The molecular weight excluding hydrogens is 277 g/mol. The lowest BCUT2D eigenvalue weighted by atomic mass is 10.1. The fourth-order valence-electron chi connectivity index (χ4n) is 1.51. The first kappa shape index (κ1) is 16.1. The summed E-state index contributed by atoms with van der Waals surface area (Å²) in [6.07, 6.45) is -5.20. The quantitative estimate of drug-likeness (QED) is 0.873. The molecule has 0 aliphatic rings. The molecule has 0 fully saturated rings. The van der Waals surface area contributed by atoms with E-state index >= 15 is 0 Å². The number of carbonyl (C=O) groups is 1. The standard InChI is InChI=1S/C13H15F3O4/c1-8(2)19-10-5-3-9(4-6-12(17)18)7-11(10)20-13(14,15)16/h3,5,7-8H,4,6H2,1-2H3,(H,17,18). The number of carboxylic acids is 1. The van der Waals surface area contributed by atoms with E-state index < -0.39 is 18.1 Å². The van der Waals surface area contributed by atoms with Crippen LogP contribution in [0.5, 0.6) is 11.5 Å². The van der Waals surface area contributed by atoms with Crippen LogP contribution in [0.15, 0.2) is 18.2 Å². The van der Waals surface area contributed by atoms with Crippen LogP contribution < -0.4 is 9.47 Å². The summed E-state index contributed by atoms with van der Waals surface area (Å²) in [5, 5.41) is 8.57. The van der Waals surface area contributed by atoms with E-state index in [1.54, 1.807) is 13.8 Å². The van der Waals surface area contributed by atoms with Crippen LogP contribution in [-0.2, 0) is 11.2 Å². The number of aliphatic carboxylic acids is 1. The topological polar surface area (TPSA) is 55.8 Å². The smallest absolute Gasteiger partial charge is 0.487 e. The molecule has 20 heavy (non-hydrogen) atoms. The maximum Gasteiger partial charge on any atom is 0.573 e. The maximum absolute atomic E-state index is 12.3. The number of hydrogen-bond donors (Lipinski definition) is 1. The second-order valence-electron chi connectivity index (χ2n) is 4.39. The predicted molar refractivity (Wildman–Crippen MR) is 64.8 cm³/mol. The average Bonchev–Trinajstić information content (AvgIpc) is 2.26. The summed E-state index contributed by atoms with van der Waals surface area (Å²) < 4.78 is 46.1. The van der Waals surface area contributed by atoms with Crippen LogP contribution in [-0.4, -0.2) is 23.5 Å². The molecule has 4 nitrogen and oxygen atoms in total. The van der Waals surface area contributed by atoms with Gasteiger partial charge in [-0.1, -0.05) is 6.07 Å². The van der Waals surface area contributed by atoms with Gasteiger partial charge < -0.3 is 14.6 Å². The number of hydrogen-bond acceptors (Lipinski definition) is 3. The van der Waals surface area contributed by atoms with Gasteiger partial charge >= 0.3 is 12.3 Å². The summed E-state index contributed by atoms with van der Waals surface area (Å²) in [5.41, 5.74) is 0.433. The van der Waals surface area contributed by atoms with Gasteiger partial charge in [-0.2, -0.15) is 0 Å². The normalized spacial score (nSPS) is 11.5. The van der Waals surface area contributed by atoms with E-state index in [9.17, 15) is 18.0 Å². The van der Waals surface area contributed by atoms with Gasteiger partial charge in [0.15, 0.2) is 11.5 Å². The van der Waals surface area contributed by atoms with E-state index in [2.05, 4.69) is 4.74 Å². The molecule has 7 heteroatoms. The molecule has 0 bridgehead atoms. The van der Waals surface area contributed by atoms with Crippen molar-refractivity contribution in [1.29, 1.82) is 0 Å². The SMILES string of the molecule is CC(C)Oc1ccc(CCC(=O)O)cc1OC(F)(F)F. The van der Waals surface area contributed by atoms with Gasteiger partial charge in [0.25, 0.3) is 0 Å². The molecule has 0 saturated heterocycles. The summed E-state index contributed by atoms with van der Waals surface area (Å²) in [7, 11) is 0. The molecule has 0 aliphatic heterocycles. The van der Waals surface area contributed by atoms with Gasteiger partial charge in [-0.25, -0.2) is 0 Å². The van der Waals surface area contributed by atoms with Crippen LogP contribution in [0.4, 0.5) is 13.2 Å². The molecule has 1 aromatic rings. The number of ether oxygens (including phenoxy) is 2. The monoisotopic (exact) mass is 292 g/mol. The van der Waals surface area contributed by atoms with Gasteiger partial charge in [0.05, 0.1) is 6.10 Å². The van der Waals surface area contributed by atoms with Crippen LogP contribution in [0.2, 0.25) is 0 Å². The number of carboxylic acid groups (broad SMARTS) is 1. The molecule has 0 radical (unpaired) electrons. The van der Waals surface area contributed by atoms with Crippen LogP contribution in [0.25, 0.3) is 0 Å². The van der Waals surface area contributed by atoms with Crippen LogP contribution >= 0.6 is 0 Å². The third-order valence-electron chi connectivity index (χ3n) is 2.22. The lowest BCUT2D eigenvalue weighted by molar-refractivity contribution is -0.275. The second-order valence-corrected chi connectivity index (χ2v) is 4.39. The number of benzene rings is 1. The van der Waals surface area contributed by atoms with E-state index in [1.807, 2.05) is 0 Å². The molecule has 0 aliphatic carbocycles. The zero-order valence-corrected chi connectivity index (χ0v) is 11.0. The Morgan fingerprint density at radius 3 is 2.45 bits per heavy atom. The zero-order valence-electron chi connectivity index (χ0n) is 11.0. The Balaban J connectivity index is 2.98. The van der Waals surface area contributed by atoms with Gasteiger partial charge in [-0.3, -0.25) is 4.79 Å². The molecule has 112 valence electrons. The average molecular weight is 292 g/mol. The highest BCUT2D eigenvalue weighted by molar-refractivity contribution is 5.67. The number of halogens is 3. The maximum atomic E-state index is 12.3. The Morgan fingerprint density at radius 2 is 1.95 bits per heavy atom. The van der Waals surface area contributed by atoms with E-state index in [0.717, 1.165) is 6.07 Å². The Bertz CT molecular complexity index is 469. The van der Waals surface area contributed by atoms with Gasteiger partial charge in [0.2, 0.25) is 0 Å². The molecular formula is C13H15F3O4. The minimum Gasteiger partial charge on any atom is -0.487 e. The minimum absolute atomic E-state index is 0.0311. The van der Waals surface area contributed by atoms with Crippen molar-refractivity contribution in [2.75, 3.05) is 0 Å². The van der Waals surface area contributed by atoms with Crippen LogP contribution in [0, 0.1) is 0 Å². The molecule has 1 aromatic carbocycles. The lowest BCUT2D eigenvalue weighted by Gasteiger charge is -2.17. The first-order valence-electron chi connectivity index (χ1n) is 5.94. The van der Waals surface area contributed by atoms with Gasteiger partial charge in [-0.05, 0) is 38.0 Å². The van der Waals surface area contributed by atoms with Crippen molar-refractivity contribution in [2.45, 2.75) is 39.2 Å². The highest BCUT2D eigenvalue weighted by atomic mass is 19.4. The molecule has 0 heterocycles. The van der Waals surface area contributed by atoms with Crippen LogP contribution in [0.1, 0.15) is 25.8 Å². The van der Waals surface area contributed by atoms with Crippen molar-refractivity contribution in [2.24, 2.45) is 0 Å². The molecule has 1 N–H and O–H groups in total. The summed E-state index contributed by atoms with van der Waals surface area (Å²) in [4.78, 5) is 10.5. The van der Waals surface area contributed by atoms with E-state index in [0.29, 0.717) is 5.56 Å². The van der Waals surface area contributed by atoms with Crippen molar-refractivity contribution in [3.63, 3.8) is 0 Å². The Kier molecular flexibility index (Phi) is 5.24. The molecule has 0 spiro atoms. The molecule has 0 amide bonds. The van der Waals surface area contributed by atoms with Gasteiger partial charge in [0, 0.05) is 6.42 Å². The van der Waals surface area contributed by atoms with Crippen LogP contribution in [0.3, 0.4) is 0 Å². The second kappa shape index (κ2) is 6.49. The number of rotatable bonds is 6. The zero-order chi connectivity index (χ0) is 15.3. The van der Waals surface area contributed by atoms with Crippen molar-refractivity contribution in [3.05, 3.63) is 23.8 Å². The Morgan fingerprint density at radius 1 is 1.30 bits per heavy atom. The van der Waals surface area contributed by atoms with E-state index in [-0.39, 0.29) is 24.7 Å². The lowest BCUT2D eigenvalue weighted by Crippen LogP contribution is -2.18. The van der Waals surface area contributed by atoms with Crippen molar-refractivity contribution < 1.29 is 32.5 Å². The molecule has 1 rings (SSSR count). The first-order chi connectivity index (χ1) is 9.17. The summed E-state index contributed by atoms with van der Waals surface area (Å²) in [6.45, 7) is 3.35. The number of alkyl halides is 3. The fraction of sp³-hybridized carbons (Fsp3) is 0.462. The third kappa shape index (κ3) is 5.81. The van der Waals surface area contributed by atoms with Gasteiger partial charge in [-0.15, -0.1) is 13.2 Å². The van der Waals surface area contributed by atoms with Gasteiger partial charge in [0.1, 0.15) is 0 Å². The van der Waals surface area contributed by atoms with E-state index in [4.69, 9.17) is 9.84 Å². The van der Waals surface area contributed by atoms with Crippen molar-refractivity contribution in [1.82, 2.24) is 0 Å². The highest BCUT2D eigenvalue weighted by Gasteiger charge is 2.32. The highest BCUT2D eigenvalue weighted by Crippen LogP contribution is 2.34. The first-order valence-corrected chi connectivity index (χ1v) is 5.94. The number of aryl methyl sites for hydroxylation is 1. The third-order valence-corrected chi connectivity index (χ3v) is 2.22. The Labute approximate surface area is 114 Å².